The highest BCUT2D eigenvalue weighted by Gasteiger charge is 1.71. The van der Waals surface area contributed by atoms with Gasteiger partial charge in [-0.2, -0.15) is 0 Å². The molecule has 64 valence electrons. The summed E-state index contributed by atoms with van der Waals surface area (Å²) >= 11 is 0. The maximum atomic E-state index is 3.60. The molecule has 0 atom stereocenters. The first-order valence-corrected chi connectivity index (χ1v) is 4.18. The highest BCUT2D eigenvalue weighted by atomic mass is 13.8. The Morgan fingerprint density at radius 2 is 1.91 bits per heavy atom. The maximum Gasteiger partial charge on any atom is -0.0354 e. The molecule has 0 aliphatic rings. The van der Waals surface area contributed by atoms with Gasteiger partial charge in [-0.25, -0.2) is 0 Å². The third kappa shape index (κ3) is 27.0. The zero-order valence-corrected chi connectivity index (χ0v) is 7.84. The molecule has 11 heavy (non-hydrogen) atoms. The molecular formula is C11H20. The molecule has 0 unspecified atom stereocenters. The van der Waals surface area contributed by atoms with Crippen LogP contribution >= 0.6 is 0 Å². The second kappa shape index (κ2) is 16.1. The van der Waals surface area contributed by atoms with Crippen molar-refractivity contribution in [2.24, 2.45) is 0 Å². The Kier molecular flexibility index (Phi) is 18.8. The second-order valence-electron chi connectivity index (χ2n) is 2.19. The number of rotatable bonds is 4. The standard InChI is InChI=1S/C6H12.C5H8/c1-3-5-6-4-2;1-3-5-4-2/h3H,1,4-6H2,2H3;3-5H,1H2,2H3. The lowest BCUT2D eigenvalue weighted by atomic mass is 10.3. The van der Waals surface area contributed by atoms with Crippen LogP contribution in [0.3, 0.4) is 0 Å². The first-order valence-electron chi connectivity index (χ1n) is 4.18. The van der Waals surface area contributed by atoms with Gasteiger partial charge in [-0.1, -0.05) is 50.6 Å². The minimum atomic E-state index is 1.18. The quantitative estimate of drug-likeness (QED) is 0.323. The molecule has 0 saturated carbocycles. The van der Waals surface area contributed by atoms with Gasteiger partial charge in [-0.05, 0) is 13.3 Å². The summed E-state index contributed by atoms with van der Waals surface area (Å²) in [6.07, 6.45) is 11.3. The number of hydrogen-bond donors (Lipinski definition) is 0. The molecule has 0 nitrogen and oxygen atoms in total. The van der Waals surface area contributed by atoms with E-state index in [9.17, 15) is 0 Å². The minimum Gasteiger partial charge on any atom is -0.103 e. The van der Waals surface area contributed by atoms with E-state index in [0.717, 1.165) is 0 Å². The molecule has 0 aromatic heterocycles. The SMILES string of the molecule is C=CC=CC.C=CCCCC. The summed E-state index contributed by atoms with van der Waals surface area (Å²) in [5.41, 5.74) is 0. The molecule has 0 aromatic rings. The van der Waals surface area contributed by atoms with Gasteiger partial charge in [-0.15, -0.1) is 6.58 Å². The van der Waals surface area contributed by atoms with Crippen LogP contribution in [-0.2, 0) is 0 Å². The van der Waals surface area contributed by atoms with Crippen LogP contribution < -0.4 is 0 Å². The summed E-state index contributed by atoms with van der Waals surface area (Å²) in [4.78, 5) is 0. The van der Waals surface area contributed by atoms with Gasteiger partial charge >= 0.3 is 0 Å². The molecule has 0 N–H and O–H groups in total. The molecule has 0 amide bonds. The molecule has 0 aliphatic heterocycles. The summed E-state index contributed by atoms with van der Waals surface area (Å²) < 4.78 is 0. The Balaban J connectivity index is 0. The zero-order valence-electron chi connectivity index (χ0n) is 7.84. The van der Waals surface area contributed by atoms with Crippen LogP contribution in [0, 0.1) is 0 Å². The van der Waals surface area contributed by atoms with Gasteiger partial charge in [0.2, 0.25) is 0 Å². The fourth-order valence-corrected chi connectivity index (χ4v) is 0.485. The van der Waals surface area contributed by atoms with Crippen molar-refractivity contribution in [1.29, 1.82) is 0 Å². The summed E-state index contributed by atoms with van der Waals surface area (Å²) in [5, 5.41) is 0. The van der Waals surface area contributed by atoms with Crippen LogP contribution in [0.1, 0.15) is 33.1 Å². The molecule has 0 saturated heterocycles. The van der Waals surface area contributed by atoms with Crippen molar-refractivity contribution in [2.45, 2.75) is 33.1 Å². The van der Waals surface area contributed by atoms with Crippen molar-refractivity contribution in [1.82, 2.24) is 0 Å². The second-order valence-corrected chi connectivity index (χ2v) is 2.19. The first kappa shape index (κ1) is 12.9. The van der Waals surface area contributed by atoms with Crippen LogP contribution in [-0.4, -0.2) is 0 Å². The van der Waals surface area contributed by atoms with Gasteiger partial charge < -0.3 is 0 Å². The summed E-state index contributed by atoms with van der Waals surface area (Å²) in [7, 11) is 0. The van der Waals surface area contributed by atoms with E-state index >= 15 is 0 Å². The van der Waals surface area contributed by atoms with Crippen molar-refractivity contribution in [2.75, 3.05) is 0 Å². The summed E-state index contributed by atoms with van der Waals surface area (Å²) in [6, 6.07) is 0. The Bertz CT molecular complexity index is 98.6. The van der Waals surface area contributed by atoms with Gasteiger partial charge in [0.1, 0.15) is 0 Å². The average Bonchev–Trinajstić information content (AvgIpc) is 2.04. The van der Waals surface area contributed by atoms with Crippen LogP contribution in [0.2, 0.25) is 0 Å². The van der Waals surface area contributed by atoms with Crippen molar-refractivity contribution in [3.8, 4) is 0 Å². The Morgan fingerprint density at radius 3 is 2.00 bits per heavy atom. The first-order chi connectivity index (χ1) is 5.33. The van der Waals surface area contributed by atoms with E-state index < -0.39 is 0 Å². The number of unbranched alkanes of at least 4 members (excludes halogenated alkanes) is 2. The normalized spacial score (nSPS) is 8.55. The molecule has 0 aliphatic carbocycles. The van der Waals surface area contributed by atoms with E-state index in [4.69, 9.17) is 0 Å². The third-order valence-corrected chi connectivity index (χ3v) is 1.09. The van der Waals surface area contributed by atoms with Crippen molar-refractivity contribution < 1.29 is 0 Å². The lowest BCUT2D eigenvalue weighted by Gasteiger charge is -1.81. The third-order valence-electron chi connectivity index (χ3n) is 1.09. The monoisotopic (exact) mass is 152 g/mol. The number of allylic oxidation sites excluding steroid dienone is 4. The minimum absolute atomic E-state index is 1.18. The van der Waals surface area contributed by atoms with Gasteiger partial charge in [0.05, 0.1) is 0 Å². The Morgan fingerprint density at radius 1 is 1.27 bits per heavy atom. The molecule has 0 spiro atoms. The van der Waals surface area contributed by atoms with E-state index in [1.165, 1.54) is 19.3 Å². The molecule has 0 bridgehead atoms. The predicted octanol–water partition coefficient (Wildman–Crippen LogP) is 4.11. The topological polar surface area (TPSA) is 0 Å². The van der Waals surface area contributed by atoms with E-state index in [1.807, 2.05) is 25.2 Å². The fraction of sp³-hybridized carbons (Fsp3) is 0.455. The lowest BCUT2D eigenvalue weighted by molar-refractivity contribution is 0.816. The van der Waals surface area contributed by atoms with Gasteiger partial charge in [-0.3, -0.25) is 0 Å². The average molecular weight is 152 g/mol. The Hall–Kier alpha value is -0.780. The smallest absolute Gasteiger partial charge is 0.0354 e. The lowest BCUT2D eigenvalue weighted by Crippen LogP contribution is -1.61. The molecule has 0 aromatic carbocycles. The fourth-order valence-electron chi connectivity index (χ4n) is 0.485. The van der Waals surface area contributed by atoms with Crippen LogP contribution in [0.15, 0.2) is 37.5 Å². The van der Waals surface area contributed by atoms with E-state index in [1.54, 1.807) is 6.08 Å². The largest absolute Gasteiger partial charge is 0.103 e. The molecule has 0 radical (unpaired) electrons. The van der Waals surface area contributed by atoms with E-state index in [2.05, 4.69) is 20.1 Å². The highest BCUT2D eigenvalue weighted by molar-refractivity contribution is 4.94. The molecule has 0 heteroatoms. The van der Waals surface area contributed by atoms with Crippen LogP contribution in [0.4, 0.5) is 0 Å². The zero-order chi connectivity index (χ0) is 8.95. The van der Waals surface area contributed by atoms with E-state index in [-0.39, 0.29) is 0 Å². The van der Waals surface area contributed by atoms with Gasteiger partial charge in [0.15, 0.2) is 0 Å². The van der Waals surface area contributed by atoms with Crippen LogP contribution in [0.25, 0.3) is 0 Å². The van der Waals surface area contributed by atoms with Crippen molar-refractivity contribution in [3.63, 3.8) is 0 Å². The molecule has 0 fully saturated rings. The van der Waals surface area contributed by atoms with E-state index in [0.29, 0.717) is 0 Å². The predicted molar refractivity (Wildman–Crippen MR) is 54.7 cm³/mol. The molecule has 0 rings (SSSR count). The molecular weight excluding hydrogens is 132 g/mol. The van der Waals surface area contributed by atoms with Gasteiger partial charge in [0.25, 0.3) is 0 Å². The highest BCUT2D eigenvalue weighted by Crippen LogP contribution is 1.91. The Labute approximate surface area is 71.3 Å². The van der Waals surface area contributed by atoms with Crippen molar-refractivity contribution in [3.05, 3.63) is 37.5 Å². The van der Waals surface area contributed by atoms with Crippen molar-refractivity contribution >= 4 is 0 Å². The number of hydrogen-bond acceptors (Lipinski definition) is 0. The molecule has 0 heterocycles. The summed E-state index contributed by atoms with van der Waals surface area (Å²) in [5.74, 6) is 0. The van der Waals surface area contributed by atoms with Crippen LogP contribution in [0.5, 0.6) is 0 Å². The summed E-state index contributed by atoms with van der Waals surface area (Å²) in [6.45, 7) is 11.2. The van der Waals surface area contributed by atoms with Gasteiger partial charge in [0, 0.05) is 0 Å². The maximum absolute atomic E-state index is 3.60.